The Morgan fingerprint density at radius 3 is 2.15 bits per heavy atom. The van der Waals surface area contributed by atoms with Crippen molar-refractivity contribution in [3.05, 3.63) is 0 Å². The highest BCUT2D eigenvalue weighted by molar-refractivity contribution is 5.93. The van der Waals surface area contributed by atoms with Crippen LogP contribution in [0.5, 0.6) is 0 Å². The quantitative estimate of drug-likeness (QED) is 0.148. The second-order valence-corrected chi connectivity index (χ2v) is 6.12. The number of carbonyl (C=O) groups is 4. The zero-order chi connectivity index (χ0) is 19.9. The zero-order valence-electron chi connectivity index (χ0n) is 15.3. The van der Waals surface area contributed by atoms with Crippen molar-refractivity contribution in [1.82, 2.24) is 21.3 Å². The molecule has 0 aliphatic heterocycles. The first-order valence-electron chi connectivity index (χ1n) is 8.74. The Hall–Kier alpha value is -2.20. The number of nitrogens with one attached hydrogen (secondary N) is 4. The number of amides is 3. The van der Waals surface area contributed by atoms with E-state index in [1.54, 1.807) is 12.2 Å². The van der Waals surface area contributed by atoms with Gasteiger partial charge < -0.3 is 25.6 Å². The van der Waals surface area contributed by atoms with Crippen LogP contribution in [0, 0.1) is 0 Å². The fourth-order valence-corrected chi connectivity index (χ4v) is 2.32. The molecule has 0 heterocycles. The second-order valence-electron chi connectivity index (χ2n) is 6.12. The van der Waals surface area contributed by atoms with Gasteiger partial charge in [0.1, 0.15) is 6.29 Å². The number of aldehydes is 1. The number of imide groups is 1. The highest BCUT2D eigenvalue weighted by Crippen LogP contribution is 2.07. The summed E-state index contributed by atoms with van der Waals surface area (Å²) in [6.07, 6.45) is 2.62. The van der Waals surface area contributed by atoms with Gasteiger partial charge in [-0.3, -0.25) is 15.4 Å². The van der Waals surface area contributed by atoms with Crippen LogP contribution in [-0.4, -0.2) is 59.4 Å². The molecule has 3 atom stereocenters. The average Bonchev–Trinajstić information content (AvgIpc) is 2.55. The smallest absolute Gasteiger partial charge is 0.411 e. The Bertz CT molecular complexity index is 460. The normalized spacial score (nSPS) is 14.1. The second kappa shape index (κ2) is 14.0. The molecule has 26 heavy (non-hydrogen) atoms. The number of carbonyl (C=O) groups excluding carboxylic acids is 2. The molecule has 0 bridgehead atoms. The van der Waals surface area contributed by atoms with E-state index >= 15 is 0 Å². The van der Waals surface area contributed by atoms with Crippen LogP contribution < -0.4 is 21.3 Å². The van der Waals surface area contributed by atoms with Gasteiger partial charge in [-0.15, -0.1) is 0 Å². The van der Waals surface area contributed by atoms with E-state index in [-0.39, 0.29) is 6.04 Å². The molecule has 6 N–H and O–H groups in total. The van der Waals surface area contributed by atoms with Crippen LogP contribution in [0.3, 0.4) is 0 Å². The third-order valence-electron chi connectivity index (χ3n) is 3.71. The summed E-state index contributed by atoms with van der Waals surface area (Å²) < 4.78 is 0. The van der Waals surface area contributed by atoms with Crippen molar-refractivity contribution in [2.75, 3.05) is 6.54 Å². The molecule has 150 valence electrons. The molecule has 2 unspecified atom stereocenters. The maximum Gasteiger partial charge on any atom is 0.411 e. The molecule has 3 amide bonds. The van der Waals surface area contributed by atoms with E-state index in [1.165, 1.54) is 6.92 Å². The van der Waals surface area contributed by atoms with Gasteiger partial charge in [0.25, 0.3) is 0 Å². The van der Waals surface area contributed by atoms with E-state index in [0.717, 1.165) is 44.9 Å². The van der Waals surface area contributed by atoms with Crippen molar-refractivity contribution in [2.45, 2.75) is 70.6 Å². The van der Waals surface area contributed by atoms with Gasteiger partial charge in [0.2, 0.25) is 5.91 Å². The van der Waals surface area contributed by atoms with Crippen LogP contribution >= 0.6 is 0 Å². The molecule has 10 nitrogen and oxygen atoms in total. The summed E-state index contributed by atoms with van der Waals surface area (Å²) in [7, 11) is 0. The Balaban J connectivity index is 4.04. The van der Waals surface area contributed by atoms with E-state index in [2.05, 4.69) is 16.0 Å². The van der Waals surface area contributed by atoms with Gasteiger partial charge in [0.05, 0.1) is 18.2 Å². The number of hydrogen-bond donors (Lipinski definition) is 6. The van der Waals surface area contributed by atoms with Crippen molar-refractivity contribution >= 4 is 24.4 Å². The van der Waals surface area contributed by atoms with Gasteiger partial charge in [0, 0.05) is 0 Å². The summed E-state index contributed by atoms with van der Waals surface area (Å²) in [5.41, 5.74) is 0. The first-order chi connectivity index (χ1) is 12.3. The summed E-state index contributed by atoms with van der Waals surface area (Å²) in [5, 5.41) is 27.3. The molecule has 0 aromatic rings. The minimum Gasteiger partial charge on any atom is -0.465 e. The van der Waals surface area contributed by atoms with E-state index in [1.807, 2.05) is 0 Å². The summed E-state index contributed by atoms with van der Waals surface area (Å²) in [4.78, 5) is 43.3. The fourth-order valence-electron chi connectivity index (χ4n) is 2.32. The lowest BCUT2D eigenvalue weighted by molar-refractivity contribution is -0.122. The first kappa shape index (κ1) is 23.8. The number of hydrogen-bond acceptors (Lipinski definition) is 6. The molecule has 10 heteroatoms. The van der Waals surface area contributed by atoms with Gasteiger partial charge in [-0.2, -0.15) is 0 Å². The molecule has 0 fully saturated rings. The number of rotatable bonds is 14. The maximum atomic E-state index is 11.6. The molecule has 0 rings (SSSR count). The highest BCUT2D eigenvalue weighted by Gasteiger charge is 2.20. The minimum absolute atomic E-state index is 0.135. The third-order valence-corrected chi connectivity index (χ3v) is 3.71. The monoisotopic (exact) mass is 374 g/mol. The van der Waals surface area contributed by atoms with E-state index < -0.39 is 30.3 Å². The van der Waals surface area contributed by atoms with Gasteiger partial charge in [-0.1, -0.05) is 25.7 Å². The van der Waals surface area contributed by atoms with Crippen LogP contribution in [0.4, 0.5) is 9.59 Å². The van der Waals surface area contributed by atoms with Gasteiger partial charge in [-0.05, 0) is 33.2 Å². The molecule has 0 aromatic carbocycles. The van der Waals surface area contributed by atoms with Crippen molar-refractivity contribution in [3.63, 3.8) is 0 Å². The van der Waals surface area contributed by atoms with Crippen LogP contribution in [0.25, 0.3) is 0 Å². The van der Waals surface area contributed by atoms with E-state index in [4.69, 9.17) is 10.2 Å². The molecule has 0 aliphatic rings. The number of carboxylic acid groups (broad SMARTS) is 2. The van der Waals surface area contributed by atoms with Crippen molar-refractivity contribution < 1.29 is 29.4 Å². The third kappa shape index (κ3) is 13.1. The zero-order valence-corrected chi connectivity index (χ0v) is 15.3. The maximum absolute atomic E-state index is 11.6. The lowest BCUT2D eigenvalue weighted by atomic mass is 10.1. The fraction of sp³-hybridized carbons (Fsp3) is 0.750. The molecule has 0 saturated heterocycles. The van der Waals surface area contributed by atoms with Gasteiger partial charge >= 0.3 is 12.2 Å². The lowest BCUT2D eigenvalue weighted by Crippen LogP contribution is -2.53. The highest BCUT2D eigenvalue weighted by atomic mass is 16.4. The minimum atomic E-state index is -1.46. The molecular formula is C16H30N4O6. The van der Waals surface area contributed by atoms with Crippen LogP contribution in [0.2, 0.25) is 0 Å². The van der Waals surface area contributed by atoms with E-state index in [9.17, 15) is 19.2 Å². The predicted octanol–water partition coefficient (Wildman–Crippen LogP) is 0.870. The molecule has 0 aliphatic carbocycles. The molecule has 0 aromatic heterocycles. The predicted molar refractivity (Wildman–Crippen MR) is 94.9 cm³/mol. The summed E-state index contributed by atoms with van der Waals surface area (Å²) in [6.45, 7) is 4.04. The number of unbranched alkanes of at least 4 members (excludes halogenated alkanes) is 4. The van der Waals surface area contributed by atoms with Crippen LogP contribution in [-0.2, 0) is 9.59 Å². The van der Waals surface area contributed by atoms with Crippen molar-refractivity contribution in [3.8, 4) is 0 Å². The summed E-state index contributed by atoms with van der Waals surface area (Å²) in [6, 6.07) is -0.988. The Kier molecular flexibility index (Phi) is 12.8. The van der Waals surface area contributed by atoms with Gasteiger partial charge in [0.15, 0.2) is 0 Å². The SMILES string of the molecule is CC(C=O)NCCCCCCCC(NC(=O)O)N[C@@H](C)C(=O)NC(=O)O. The van der Waals surface area contributed by atoms with Crippen LogP contribution in [0.1, 0.15) is 52.4 Å². The molecular weight excluding hydrogens is 344 g/mol. The lowest BCUT2D eigenvalue weighted by Gasteiger charge is -2.22. The van der Waals surface area contributed by atoms with Crippen LogP contribution in [0.15, 0.2) is 0 Å². The molecule has 0 spiro atoms. The Morgan fingerprint density at radius 2 is 1.58 bits per heavy atom. The van der Waals surface area contributed by atoms with E-state index in [0.29, 0.717) is 6.42 Å². The first-order valence-corrected chi connectivity index (χ1v) is 8.74. The Labute approximate surface area is 153 Å². The topological polar surface area (TPSA) is 157 Å². The standard InChI is InChI=1S/C16H30N4O6/c1-11(10-21)17-9-7-5-3-4-6-8-13(19-15(23)24)18-12(2)14(22)20-16(25)26/h10-13,17-19H,3-9H2,1-2H3,(H,20,22)(H,23,24)(H,25,26)/t11?,12-,13?/m0/s1. The average molecular weight is 374 g/mol. The largest absolute Gasteiger partial charge is 0.465 e. The summed E-state index contributed by atoms with van der Waals surface area (Å²) >= 11 is 0. The molecule has 0 saturated carbocycles. The summed E-state index contributed by atoms with van der Waals surface area (Å²) in [5.74, 6) is -0.744. The molecule has 0 radical (unpaired) electrons. The van der Waals surface area contributed by atoms with Crippen molar-refractivity contribution in [1.29, 1.82) is 0 Å². The van der Waals surface area contributed by atoms with Gasteiger partial charge in [-0.25, -0.2) is 9.59 Å². The van der Waals surface area contributed by atoms with Crippen molar-refractivity contribution in [2.24, 2.45) is 0 Å². The Morgan fingerprint density at radius 1 is 0.962 bits per heavy atom.